The van der Waals surface area contributed by atoms with Gasteiger partial charge in [-0.3, -0.25) is 10.1 Å². The number of hydrogen-bond acceptors (Lipinski definition) is 6. The minimum absolute atomic E-state index is 0.0501. The molecule has 1 aromatic heterocycles. The molecular formula is C11H15N3O2S2. The zero-order chi connectivity index (χ0) is 13.0. The lowest BCUT2D eigenvalue weighted by Gasteiger charge is -2.21. The van der Waals surface area contributed by atoms with Crippen LogP contribution in [0.15, 0.2) is 12.1 Å². The second-order valence-corrected chi connectivity index (χ2v) is 6.58. The Kier molecular flexibility index (Phi) is 4.71. The van der Waals surface area contributed by atoms with Crippen LogP contribution in [-0.4, -0.2) is 39.0 Å². The van der Waals surface area contributed by atoms with Crippen LogP contribution in [0.4, 0.5) is 11.5 Å². The lowest BCUT2D eigenvalue weighted by atomic mass is 10.3. The number of nitrogens with one attached hydrogen (secondary N) is 1. The Morgan fingerprint density at radius 2 is 2.39 bits per heavy atom. The summed E-state index contributed by atoms with van der Waals surface area (Å²) in [7, 11) is 0. The molecule has 1 aliphatic rings. The van der Waals surface area contributed by atoms with Gasteiger partial charge >= 0.3 is 5.69 Å². The van der Waals surface area contributed by atoms with Gasteiger partial charge in [-0.1, -0.05) is 0 Å². The molecule has 2 rings (SSSR count). The van der Waals surface area contributed by atoms with Crippen molar-refractivity contribution >= 4 is 35.0 Å². The third-order valence-electron chi connectivity index (χ3n) is 2.59. The van der Waals surface area contributed by atoms with Crippen molar-refractivity contribution < 1.29 is 4.92 Å². The van der Waals surface area contributed by atoms with Crippen molar-refractivity contribution in [2.45, 2.75) is 12.2 Å². The van der Waals surface area contributed by atoms with Gasteiger partial charge in [0.1, 0.15) is 0 Å². The Morgan fingerprint density at radius 3 is 3.06 bits per heavy atom. The Hall–Kier alpha value is -0.950. The Labute approximate surface area is 114 Å². The first-order chi connectivity index (χ1) is 8.66. The van der Waals surface area contributed by atoms with Gasteiger partial charge in [0.05, 0.1) is 4.92 Å². The van der Waals surface area contributed by atoms with E-state index in [1.165, 1.54) is 11.8 Å². The van der Waals surface area contributed by atoms with Crippen molar-refractivity contribution in [2.24, 2.45) is 0 Å². The average molecular weight is 285 g/mol. The van der Waals surface area contributed by atoms with Crippen molar-refractivity contribution in [2.75, 3.05) is 29.1 Å². The van der Waals surface area contributed by atoms with Crippen LogP contribution in [0.25, 0.3) is 0 Å². The van der Waals surface area contributed by atoms with E-state index in [0.29, 0.717) is 11.1 Å². The van der Waals surface area contributed by atoms with Crippen LogP contribution in [-0.2, 0) is 0 Å². The van der Waals surface area contributed by atoms with Gasteiger partial charge in [0, 0.05) is 40.8 Å². The summed E-state index contributed by atoms with van der Waals surface area (Å²) in [4.78, 5) is 14.7. The molecule has 5 nitrogen and oxygen atoms in total. The summed E-state index contributed by atoms with van der Waals surface area (Å²) in [5.74, 6) is 3.83. The van der Waals surface area contributed by atoms with Crippen LogP contribution >= 0.6 is 23.5 Å². The highest BCUT2D eigenvalue weighted by atomic mass is 32.2. The summed E-state index contributed by atoms with van der Waals surface area (Å²) in [5, 5.41) is 14.5. The molecule has 2 heterocycles. The first kappa shape index (κ1) is 13.5. The van der Waals surface area contributed by atoms with Crippen molar-refractivity contribution in [1.82, 2.24) is 4.98 Å². The molecule has 1 aliphatic heterocycles. The van der Waals surface area contributed by atoms with E-state index >= 15 is 0 Å². The molecule has 7 heteroatoms. The number of thioether (sulfide) groups is 2. The molecular weight excluding hydrogens is 270 g/mol. The summed E-state index contributed by atoms with van der Waals surface area (Å²) in [6.45, 7) is 2.56. The predicted molar refractivity (Wildman–Crippen MR) is 77.7 cm³/mol. The van der Waals surface area contributed by atoms with Crippen LogP contribution in [0, 0.1) is 17.0 Å². The van der Waals surface area contributed by atoms with Crippen molar-refractivity contribution in [3.8, 4) is 0 Å². The number of pyridine rings is 1. The topological polar surface area (TPSA) is 68.1 Å². The highest BCUT2D eigenvalue weighted by molar-refractivity contribution is 8.06. The van der Waals surface area contributed by atoms with Gasteiger partial charge < -0.3 is 5.32 Å². The average Bonchev–Trinajstić information content (AvgIpc) is 2.37. The molecule has 1 saturated heterocycles. The highest BCUT2D eigenvalue weighted by Gasteiger charge is 2.18. The van der Waals surface area contributed by atoms with Gasteiger partial charge in [-0.25, -0.2) is 4.98 Å². The van der Waals surface area contributed by atoms with Gasteiger partial charge in [-0.15, -0.1) is 0 Å². The minimum atomic E-state index is -0.391. The second kappa shape index (κ2) is 6.29. The minimum Gasteiger partial charge on any atom is -0.363 e. The lowest BCUT2D eigenvalue weighted by molar-refractivity contribution is -0.384. The molecule has 1 aromatic rings. The molecule has 0 saturated carbocycles. The van der Waals surface area contributed by atoms with Crippen molar-refractivity contribution in [1.29, 1.82) is 0 Å². The molecule has 1 N–H and O–H groups in total. The van der Waals surface area contributed by atoms with E-state index in [2.05, 4.69) is 10.3 Å². The fourth-order valence-electron chi connectivity index (χ4n) is 1.69. The molecule has 0 amide bonds. The molecule has 1 atom stereocenters. The van der Waals surface area contributed by atoms with Gasteiger partial charge in [0.15, 0.2) is 0 Å². The normalized spacial score (nSPS) is 19.5. The van der Waals surface area contributed by atoms with E-state index in [1.807, 2.05) is 30.4 Å². The summed E-state index contributed by atoms with van der Waals surface area (Å²) in [6, 6.07) is 3.17. The molecule has 0 bridgehead atoms. The zero-order valence-corrected chi connectivity index (χ0v) is 11.7. The number of hydrogen-bond donors (Lipinski definition) is 1. The van der Waals surface area contributed by atoms with Gasteiger partial charge in [-0.2, -0.15) is 23.5 Å². The van der Waals surface area contributed by atoms with Crippen LogP contribution < -0.4 is 5.32 Å². The molecule has 1 fully saturated rings. The SMILES string of the molecule is Cc1ccc([N+](=O)[O-])c(NCC2CSCCS2)n1. The van der Waals surface area contributed by atoms with Gasteiger partial charge in [-0.05, 0) is 13.0 Å². The molecule has 0 spiro atoms. The number of anilines is 1. The molecule has 18 heavy (non-hydrogen) atoms. The maximum absolute atomic E-state index is 10.9. The van der Waals surface area contributed by atoms with E-state index in [0.717, 1.165) is 23.7 Å². The van der Waals surface area contributed by atoms with Crippen LogP contribution in [0.1, 0.15) is 5.69 Å². The lowest BCUT2D eigenvalue weighted by Crippen LogP contribution is -2.23. The monoisotopic (exact) mass is 285 g/mol. The maximum atomic E-state index is 10.9. The van der Waals surface area contributed by atoms with E-state index in [-0.39, 0.29) is 5.69 Å². The zero-order valence-electron chi connectivity index (χ0n) is 10.1. The van der Waals surface area contributed by atoms with E-state index in [1.54, 1.807) is 6.07 Å². The molecule has 0 aliphatic carbocycles. The van der Waals surface area contributed by atoms with Crippen LogP contribution in [0.3, 0.4) is 0 Å². The number of nitrogens with zero attached hydrogens (tertiary/aromatic N) is 2. The summed E-state index contributed by atoms with van der Waals surface area (Å²) in [5.41, 5.74) is 0.836. The number of aryl methyl sites for hydroxylation is 1. The summed E-state index contributed by atoms with van der Waals surface area (Å²) in [6.07, 6.45) is 0. The molecule has 0 radical (unpaired) electrons. The Bertz CT molecular complexity index is 436. The predicted octanol–water partition coefficient (Wildman–Crippen LogP) is 2.56. The molecule has 1 unspecified atom stereocenters. The fraction of sp³-hybridized carbons (Fsp3) is 0.545. The first-order valence-corrected chi connectivity index (χ1v) is 7.92. The maximum Gasteiger partial charge on any atom is 0.311 e. The van der Waals surface area contributed by atoms with Crippen LogP contribution in [0.2, 0.25) is 0 Å². The highest BCUT2D eigenvalue weighted by Crippen LogP contribution is 2.26. The first-order valence-electron chi connectivity index (χ1n) is 5.72. The largest absolute Gasteiger partial charge is 0.363 e. The van der Waals surface area contributed by atoms with E-state index in [9.17, 15) is 10.1 Å². The number of nitro groups is 1. The fourth-order valence-corrected chi connectivity index (χ4v) is 4.30. The quantitative estimate of drug-likeness (QED) is 0.677. The molecule has 98 valence electrons. The van der Waals surface area contributed by atoms with E-state index in [4.69, 9.17) is 0 Å². The van der Waals surface area contributed by atoms with Crippen LogP contribution in [0.5, 0.6) is 0 Å². The summed E-state index contributed by atoms with van der Waals surface area (Å²) < 4.78 is 0. The third-order valence-corrected chi connectivity index (χ3v) is 5.44. The Morgan fingerprint density at radius 1 is 1.56 bits per heavy atom. The standard InChI is InChI=1S/C11H15N3O2S2/c1-8-2-3-10(14(15)16)11(13-8)12-6-9-7-17-4-5-18-9/h2-3,9H,4-7H2,1H3,(H,12,13). The number of rotatable bonds is 4. The van der Waals surface area contributed by atoms with Gasteiger partial charge in [0.25, 0.3) is 0 Å². The third kappa shape index (κ3) is 3.52. The smallest absolute Gasteiger partial charge is 0.311 e. The molecule has 0 aromatic carbocycles. The summed E-state index contributed by atoms with van der Waals surface area (Å²) >= 11 is 3.86. The Balaban J connectivity index is 2.03. The second-order valence-electron chi connectivity index (χ2n) is 4.03. The van der Waals surface area contributed by atoms with E-state index < -0.39 is 4.92 Å². The van der Waals surface area contributed by atoms with Crippen molar-refractivity contribution in [3.63, 3.8) is 0 Å². The van der Waals surface area contributed by atoms with Gasteiger partial charge in [0.2, 0.25) is 5.82 Å². The number of aromatic nitrogens is 1. The van der Waals surface area contributed by atoms with Crippen molar-refractivity contribution in [3.05, 3.63) is 27.9 Å².